The van der Waals surface area contributed by atoms with Crippen molar-refractivity contribution in [2.24, 2.45) is 5.92 Å². The van der Waals surface area contributed by atoms with E-state index in [2.05, 4.69) is 16.6 Å². The van der Waals surface area contributed by atoms with Gasteiger partial charge in [0.2, 0.25) is 11.8 Å². The number of nitrogens with one attached hydrogen (secondary N) is 2. The number of piperidine rings is 1. The zero-order chi connectivity index (χ0) is 20.7. The Bertz CT molecular complexity index is 761. The van der Waals surface area contributed by atoms with Crippen molar-refractivity contribution in [3.63, 3.8) is 0 Å². The predicted molar refractivity (Wildman–Crippen MR) is 94.9 cm³/mol. The predicted octanol–water partition coefficient (Wildman–Crippen LogP) is 1.42. The highest BCUT2D eigenvalue weighted by atomic mass is 19.4. The maximum absolute atomic E-state index is 12.6. The Kier molecular flexibility index (Phi) is 7.04. The highest BCUT2D eigenvalue weighted by molar-refractivity contribution is 5.94. The number of likely N-dealkylation sites (tertiary alicyclic amines) is 1. The van der Waals surface area contributed by atoms with Gasteiger partial charge in [-0.1, -0.05) is 5.92 Å². The van der Waals surface area contributed by atoms with E-state index in [9.17, 15) is 27.6 Å². The van der Waals surface area contributed by atoms with Gasteiger partial charge in [0, 0.05) is 24.6 Å². The first-order valence-electron chi connectivity index (χ1n) is 8.66. The van der Waals surface area contributed by atoms with E-state index in [0.29, 0.717) is 25.9 Å². The molecule has 9 heteroatoms. The van der Waals surface area contributed by atoms with Crippen molar-refractivity contribution in [1.82, 2.24) is 15.5 Å². The quantitative estimate of drug-likeness (QED) is 0.741. The lowest BCUT2D eigenvalue weighted by atomic mass is 9.95. The molecule has 150 valence electrons. The van der Waals surface area contributed by atoms with Gasteiger partial charge in [-0.05, 0) is 37.1 Å². The lowest BCUT2D eigenvalue weighted by Crippen LogP contribution is -2.45. The lowest BCUT2D eigenvalue weighted by Gasteiger charge is -2.31. The second kappa shape index (κ2) is 9.26. The molecule has 0 aromatic heterocycles. The van der Waals surface area contributed by atoms with Crippen LogP contribution in [0, 0.1) is 18.3 Å². The van der Waals surface area contributed by atoms with E-state index in [0.717, 1.165) is 24.3 Å². The smallest absolute Gasteiger partial charge is 0.347 e. The van der Waals surface area contributed by atoms with Gasteiger partial charge < -0.3 is 15.5 Å². The number of hydrogen-bond donors (Lipinski definition) is 2. The van der Waals surface area contributed by atoms with Crippen LogP contribution in [0.25, 0.3) is 0 Å². The summed E-state index contributed by atoms with van der Waals surface area (Å²) >= 11 is 0. The van der Waals surface area contributed by atoms with Crippen molar-refractivity contribution in [2.75, 3.05) is 26.2 Å². The molecular weight excluding hydrogens is 375 g/mol. The van der Waals surface area contributed by atoms with Gasteiger partial charge in [0.05, 0.1) is 18.7 Å². The van der Waals surface area contributed by atoms with Crippen LogP contribution in [0.1, 0.15) is 28.8 Å². The van der Waals surface area contributed by atoms with Gasteiger partial charge in [-0.15, -0.1) is 6.42 Å². The Balaban J connectivity index is 1.82. The highest BCUT2D eigenvalue weighted by Gasteiger charge is 2.31. The van der Waals surface area contributed by atoms with E-state index in [4.69, 9.17) is 6.42 Å². The van der Waals surface area contributed by atoms with Crippen molar-refractivity contribution in [1.29, 1.82) is 0 Å². The molecule has 1 aromatic rings. The Hall–Kier alpha value is -3.02. The van der Waals surface area contributed by atoms with Gasteiger partial charge in [-0.25, -0.2) is 0 Å². The Morgan fingerprint density at radius 2 is 1.71 bits per heavy atom. The molecule has 3 amide bonds. The molecule has 0 unspecified atom stereocenters. The number of hydrogen-bond acceptors (Lipinski definition) is 3. The molecule has 0 radical (unpaired) electrons. The van der Waals surface area contributed by atoms with Gasteiger partial charge in [-0.2, -0.15) is 13.2 Å². The van der Waals surface area contributed by atoms with Crippen LogP contribution in [0.15, 0.2) is 24.3 Å². The lowest BCUT2D eigenvalue weighted by molar-refractivity contribution is -0.137. The summed E-state index contributed by atoms with van der Waals surface area (Å²) in [5.41, 5.74) is -0.646. The van der Waals surface area contributed by atoms with E-state index in [1.807, 2.05) is 0 Å². The van der Waals surface area contributed by atoms with E-state index < -0.39 is 11.7 Å². The normalized spacial score (nSPS) is 14.9. The molecule has 1 saturated heterocycles. The van der Waals surface area contributed by atoms with Gasteiger partial charge >= 0.3 is 6.18 Å². The first-order valence-corrected chi connectivity index (χ1v) is 8.66. The molecule has 1 heterocycles. The summed E-state index contributed by atoms with van der Waals surface area (Å²) in [5.74, 6) is 0.873. The molecule has 0 aliphatic carbocycles. The molecule has 0 saturated carbocycles. The average Bonchev–Trinajstić information content (AvgIpc) is 2.69. The second-order valence-electron chi connectivity index (χ2n) is 6.34. The summed E-state index contributed by atoms with van der Waals surface area (Å²) in [5, 5.41) is 4.96. The molecule has 1 aliphatic rings. The maximum atomic E-state index is 12.6. The molecule has 6 nitrogen and oxygen atoms in total. The largest absolute Gasteiger partial charge is 0.416 e. The Labute approximate surface area is 160 Å². The molecule has 0 bridgehead atoms. The SMILES string of the molecule is C#CCNC(=O)CNC(=O)C1CCN(C(=O)c2ccc(C(F)(F)F)cc2)CC1. The van der Waals surface area contributed by atoms with E-state index >= 15 is 0 Å². The third kappa shape index (κ3) is 5.74. The number of terminal acetylenes is 1. The van der Waals surface area contributed by atoms with Crippen molar-refractivity contribution in [2.45, 2.75) is 19.0 Å². The van der Waals surface area contributed by atoms with Crippen LogP contribution in [0.2, 0.25) is 0 Å². The molecule has 2 N–H and O–H groups in total. The number of amides is 3. The minimum atomic E-state index is -4.45. The number of carbonyl (C=O) groups is 3. The number of alkyl halides is 3. The Morgan fingerprint density at radius 3 is 2.25 bits per heavy atom. The minimum Gasteiger partial charge on any atom is -0.347 e. The molecule has 1 aliphatic heterocycles. The first kappa shape index (κ1) is 21.3. The molecule has 0 atom stereocenters. The van der Waals surface area contributed by atoms with Crippen LogP contribution in [-0.4, -0.2) is 48.8 Å². The summed E-state index contributed by atoms with van der Waals surface area (Å²) in [6.45, 7) is 0.521. The van der Waals surface area contributed by atoms with Crippen LogP contribution in [-0.2, 0) is 15.8 Å². The zero-order valence-corrected chi connectivity index (χ0v) is 15.0. The molecule has 0 spiro atoms. The van der Waals surface area contributed by atoms with E-state index in [1.54, 1.807) is 0 Å². The van der Waals surface area contributed by atoms with Crippen molar-refractivity contribution < 1.29 is 27.6 Å². The van der Waals surface area contributed by atoms with Crippen LogP contribution in [0.5, 0.6) is 0 Å². The molecule has 1 aromatic carbocycles. The second-order valence-corrected chi connectivity index (χ2v) is 6.34. The topological polar surface area (TPSA) is 78.5 Å². The first-order chi connectivity index (χ1) is 13.2. The maximum Gasteiger partial charge on any atom is 0.416 e. The molecular formula is C19H20F3N3O3. The van der Waals surface area contributed by atoms with Crippen molar-refractivity contribution >= 4 is 17.7 Å². The fourth-order valence-corrected chi connectivity index (χ4v) is 2.85. The van der Waals surface area contributed by atoms with E-state index in [1.165, 1.54) is 4.90 Å². The number of rotatable bonds is 5. The number of halogens is 3. The van der Waals surface area contributed by atoms with Gasteiger partial charge in [0.15, 0.2) is 0 Å². The zero-order valence-electron chi connectivity index (χ0n) is 15.0. The molecule has 28 heavy (non-hydrogen) atoms. The fraction of sp³-hybridized carbons (Fsp3) is 0.421. The van der Waals surface area contributed by atoms with Crippen LogP contribution >= 0.6 is 0 Å². The van der Waals surface area contributed by atoms with Crippen LogP contribution < -0.4 is 10.6 Å². The molecule has 2 rings (SSSR count). The number of nitrogens with zero attached hydrogens (tertiary/aromatic N) is 1. The Morgan fingerprint density at radius 1 is 1.11 bits per heavy atom. The minimum absolute atomic E-state index is 0.0825. The summed E-state index contributed by atoms with van der Waals surface area (Å²) < 4.78 is 37.8. The number of carbonyl (C=O) groups excluding carboxylic acids is 3. The third-order valence-electron chi connectivity index (χ3n) is 4.42. The van der Waals surface area contributed by atoms with Gasteiger partial charge in [-0.3, -0.25) is 14.4 Å². The summed E-state index contributed by atoms with van der Waals surface area (Å²) in [6.07, 6.45) is 1.38. The average molecular weight is 395 g/mol. The third-order valence-corrected chi connectivity index (χ3v) is 4.42. The fourth-order valence-electron chi connectivity index (χ4n) is 2.85. The molecule has 1 fully saturated rings. The summed E-state index contributed by atoms with van der Waals surface area (Å²) in [6, 6.07) is 4.05. The standard InChI is InChI=1S/C19H20F3N3O3/c1-2-9-23-16(26)12-24-17(27)13-7-10-25(11-8-13)18(28)14-3-5-15(6-4-14)19(20,21)22/h1,3-6,13H,7-12H2,(H,23,26)(H,24,27). The monoisotopic (exact) mass is 395 g/mol. The summed E-state index contributed by atoms with van der Waals surface area (Å²) in [4.78, 5) is 37.5. The van der Waals surface area contributed by atoms with Gasteiger partial charge in [0.1, 0.15) is 0 Å². The number of benzene rings is 1. The van der Waals surface area contributed by atoms with Crippen molar-refractivity contribution in [3.05, 3.63) is 35.4 Å². The van der Waals surface area contributed by atoms with Gasteiger partial charge in [0.25, 0.3) is 5.91 Å². The summed E-state index contributed by atoms with van der Waals surface area (Å²) in [7, 11) is 0. The van der Waals surface area contributed by atoms with Crippen molar-refractivity contribution in [3.8, 4) is 12.3 Å². The van der Waals surface area contributed by atoms with E-state index in [-0.39, 0.29) is 42.3 Å². The van der Waals surface area contributed by atoms with Crippen LogP contribution in [0.3, 0.4) is 0 Å². The highest BCUT2D eigenvalue weighted by Crippen LogP contribution is 2.29. The van der Waals surface area contributed by atoms with Crippen LogP contribution in [0.4, 0.5) is 13.2 Å².